The van der Waals surface area contributed by atoms with Crippen LogP contribution >= 0.6 is 0 Å². The van der Waals surface area contributed by atoms with Gasteiger partial charge in [-0.25, -0.2) is 0 Å². The summed E-state index contributed by atoms with van der Waals surface area (Å²) in [5, 5.41) is 12.5. The van der Waals surface area contributed by atoms with E-state index in [9.17, 15) is 0 Å². The Labute approximate surface area is 101 Å². The lowest BCUT2D eigenvalue weighted by Crippen LogP contribution is -2.41. The van der Waals surface area contributed by atoms with Crippen molar-refractivity contribution in [3.63, 3.8) is 0 Å². The van der Waals surface area contributed by atoms with Gasteiger partial charge < -0.3 is 15.3 Å². The number of hydrogen-bond acceptors (Lipinski definition) is 3. The van der Waals surface area contributed by atoms with Crippen molar-refractivity contribution in [2.75, 3.05) is 33.3 Å². The van der Waals surface area contributed by atoms with Crippen LogP contribution in [0.3, 0.4) is 0 Å². The summed E-state index contributed by atoms with van der Waals surface area (Å²) in [7, 11) is 2.17. The third-order valence-electron chi connectivity index (χ3n) is 2.78. The van der Waals surface area contributed by atoms with Crippen molar-refractivity contribution in [1.29, 1.82) is 0 Å². The zero-order valence-corrected chi connectivity index (χ0v) is 11.5. The summed E-state index contributed by atoms with van der Waals surface area (Å²) < 4.78 is 0. The molecule has 0 heterocycles. The average Bonchev–Trinajstić information content (AvgIpc) is 2.23. The Morgan fingerprint density at radius 3 is 2.44 bits per heavy atom. The second-order valence-electron chi connectivity index (χ2n) is 5.11. The molecule has 98 valence electrons. The topological polar surface area (TPSA) is 35.5 Å². The van der Waals surface area contributed by atoms with Crippen LogP contribution in [0.4, 0.5) is 0 Å². The van der Waals surface area contributed by atoms with Crippen molar-refractivity contribution in [1.82, 2.24) is 10.2 Å². The van der Waals surface area contributed by atoms with Gasteiger partial charge in [-0.1, -0.05) is 20.8 Å². The average molecular weight is 230 g/mol. The molecule has 16 heavy (non-hydrogen) atoms. The zero-order valence-electron chi connectivity index (χ0n) is 11.5. The predicted molar refractivity (Wildman–Crippen MR) is 70.7 cm³/mol. The maximum absolute atomic E-state index is 9.01. The molecule has 0 aromatic carbocycles. The second kappa shape index (κ2) is 10.1. The molecule has 1 unspecified atom stereocenters. The van der Waals surface area contributed by atoms with Gasteiger partial charge >= 0.3 is 0 Å². The van der Waals surface area contributed by atoms with Crippen LogP contribution in [0.5, 0.6) is 0 Å². The molecule has 1 atom stereocenters. The first-order valence-electron chi connectivity index (χ1n) is 6.62. The van der Waals surface area contributed by atoms with Crippen LogP contribution in [-0.4, -0.2) is 49.3 Å². The first-order valence-corrected chi connectivity index (χ1v) is 6.62. The van der Waals surface area contributed by atoms with E-state index in [1.165, 1.54) is 6.42 Å². The summed E-state index contributed by atoms with van der Waals surface area (Å²) in [6.45, 7) is 10.2. The molecule has 0 aliphatic carbocycles. The Hall–Kier alpha value is -0.120. The van der Waals surface area contributed by atoms with Crippen molar-refractivity contribution in [2.24, 2.45) is 5.92 Å². The van der Waals surface area contributed by atoms with Gasteiger partial charge in [-0.15, -0.1) is 0 Å². The second-order valence-corrected chi connectivity index (χ2v) is 5.11. The highest BCUT2D eigenvalue weighted by Crippen LogP contribution is 2.02. The molecule has 0 amide bonds. The lowest BCUT2D eigenvalue weighted by molar-refractivity contribution is 0.224. The molecule has 3 nitrogen and oxygen atoms in total. The van der Waals surface area contributed by atoms with Gasteiger partial charge in [-0.05, 0) is 45.3 Å². The summed E-state index contributed by atoms with van der Waals surface area (Å²) in [5.41, 5.74) is 0. The SMILES string of the molecule is CCCNC(CCO)CN(C)CCC(C)C. The van der Waals surface area contributed by atoms with Gasteiger partial charge in [0.1, 0.15) is 0 Å². The van der Waals surface area contributed by atoms with Crippen LogP contribution in [0.25, 0.3) is 0 Å². The molecule has 0 saturated heterocycles. The van der Waals surface area contributed by atoms with Crippen molar-refractivity contribution < 1.29 is 5.11 Å². The maximum atomic E-state index is 9.01. The van der Waals surface area contributed by atoms with Crippen LogP contribution in [-0.2, 0) is 0 Å². The number of nitrogens with one attached hydrogen (secondary N) is 1. The first-order chi connectivity index (χ1) is 7.60. The third-order valence-corrected chi connectivity index (χ3v) is 2.78. The highest BCUT2D eigenvalue weighted by molar-refractivity contribution is 4.70. The third kappa shape index (κ3) is 9.13. The standard InChI is InChI=1S/C13H30N2O/c1-5-8-14-13(7-10-16)11-15(4)9-6-12(2)3/h12-14,16H,5-11H2,1-4H3. The molecule has 2 N–H and O–H groups in total. The monoisotopic (exact) mass is 230 g/mol. The number of aliphatic hydroxyl groups excluding tert-OH is 1. The molecule has 0 saturated carbocycles. The number of aliphatic hydroxyl groups is 1. The molecule has 0 aliphatic heterocycles. The molecule has 0 aliphatic rings. The summed E-state index contributed by atoms with van der Waals surface area (Å²) in [6.07, 6.45) is 3.25. The highest BCUT2D eigenvalue weighted by Gasteiger charge is 2.10. The lowest BCUT2D eigenvalue weighted by atomic mass is 10.1. The van der Waals surface area contributed by atoms with Crippen LogP contribution in [0.2, 0.25) is 0 Å². The molecule has 0 spiro atoms. The molecule has 0 aromatic heterocycles. The fraction of sp³-hybridized carbons (Fsp3) is 1.00. The maximum Gasteiger partial charge on any atom is 0.0446 e. The normalized spacial score (nSPS) is 13.7. The van der Waals surface area contributed by atoms with Crippen LogP contribution in [0.1, 0.15) is 40.0 Å². The molecule has 0 bridgehead atoms. The minimum atomic E-state index is 0.277. The number of likely N-dealkylation sites (N-methyl/N-ethyl adjacent to an activating group) is 1. The van der Waals surface area contributed by atoms with Crippen molar-refractivity contribution >= 4 is 0 Å². The Kier molecular flexibility index (Phi) is 9.99. The summed E-state index contributed by atoms with van der Waals surface area (Å²) in [4.78, 5) is 2.36. The Bertz CT molecular complexity index is 151. The van der Waals surface area contributed by atoms with Gasteiger partial charge in [0.15, 0.2) is 0 Å². The van der Waals surface area contributed by atoms with E-state index < -0.39 is 0 Å². The van der Waals surface area contributed by atoms with Gasteiger partial charge in [0, 0.05) is 19.2 Å². The van der Waals surface area contributed by atoms with E-state index in [-0.39, 0.29) is 6.61 Å². The molecule has 0 radical (unpaired) electrons. The minimum Gasteiger partial charge on any atom is -0.396 e. The smallest absolute Gasteiger partial charge is 0.0446 e. The Morgan fingerprint density at radius 2 is 1.94 bits per heavy atom. The number of hydrogen-bond donors (Lipinski definition) is 2. The zero-order chi connectivity index (χ0) is 12.4. The van der Waals surface area contributed by atoms with Gasteiger partial charge in [-0.3, -0.25) is 0 Å². The van der Waals surface area contributed by atoms with Gasteiger partial charge in [0.05, 0.1) is 0 Å². The molecular formula is C13H30N2O. The number of rotatable bonds is 10. The van der Waals surface area contributed by atoms with Gasteiger partial charge in [0.25, 0.3) is 0 Å². The van der Waals surface area contributed by atoms with Crippen molar-refractivity contribution in [3.8, 4) is 0 Å². The molecule has 0 rings (SSSR count). The largest absolute Gasteiger partial charge is 0.396 e. The van der Waals surface area contributed by atoms with E-state index >= 15 is 0 Å². The summed E-state index contributed by atoms with van der Waals surface area (Å²) >= 11 is 0. The van der Waals surface area contributed by atoms with E-state index in [1.807, 2.05) is 0 Å². The molecule has 3 heteroatoms. The first kappa shape index (κ1) is 15.9. The minimum absolute atomic E-state index is 0.277. The fourth-order valence-electron chi connectivity index (χ4n) is 1.71. The summed E-state index contributed by atoms with van der Waals surface area (Å²) in [6, 6.07) is 0.433. The Morgan fingerprint density at radius 1 is 1.25 bits per heavy atom. The van der Waals surface area contributed by atoms with Crippen molar-refractivity contribution in [3.05, 3.63) is 0 Å². The predicted octanol–water partition coefficient (Wildman–Crippen LogP) is 1.71. The lowest BCUT2D eigenvalue weighted by Gasteiger charge is -2.25. The molecular weight excluding hydrogens is 200 g/mol. The van der Waals surface area contributed by atoms with E-state index in [2.05, 4.69) is 38.0 Å². The number of nitrogens with zero attached hydrogens (tertiary/aromatic N) is 1. The molecule has 0 aromatic rings. The highest BCUT2D eigenvalue weighted by atomic mass is 16.3. The van der Waals surface area contributed by atoms with E-state index in [0.29, 0.717) is 6.04 Å². The van der Waals surface area contributed by atoms with Crippen molar-refractivity contribution in [2.45, 2.75) is 46.1 Å². The van der Waals surface area contributed by atoms with Gasteiger partial charge in [0.2, 0.25) is 0 Å². The van der Waals surface area contributed by atoms with E-state index in [4.69, 9.17) is 5.11 Å². The van der Waals surface area contributed by atoms with E-state index in [1.54, 1.807) is 0 Å². The molecule has 0 fully saturated rings. The fourth-order valence-corrected chi connectivity index (χ4v) is 1.71. The summed E-state index contributed by atoms with van der Waals surface area (Å²) in [5.74, 6) is 0.766. The van der Waals surface area contributed by atoms with Crippen LogP contribution in [0, 0.1) is 5.92 Å². The van der Waals surface area contributed by atoms with Gasteiger partial charge in [-0.2, -0.15) is 0 Å². The van der Waals surface area contributed by atoms with Crippen LogP contribution < -0.4 is 5.32 Å². The Balaban J connectivity index is 3.77. The quantitative estimate of drug-likeness (QED) is 0.600. The van der Waals surface area contributed by atoms with Crippen LogP contribution in [0.15, 0.2) is 0 Å². The van der Waals surface area contributed by atoms with E-state index in [0.717, 1.165) is 38.4 Å².